The molecule has 1 amide bonds. The summed E-state index contributed by atoms with van der Waals surface area (Å²) >= 11 is 5.99. The minimum Gasteiger partial charge on any atom is -0.337 e. The Labute approximate surface area is 184 Å². The van der Waals surface area contributed by atoms with E-state index in [0.29, 0.717) is 49.3 Å². The van der Waals surface area contributed by atoms with Gasteiger partial charge in [0.25, 0.3) is 5.91 Å². The van der Waals surface area contributed by atoms with E-state index in [4.69, 9.17) is 11.6 Å². The van der Waals surface area contributed by atoms with Crippen molar-refractivity contribution in [2.45, 2.75) is 6.54 Å². The van der Waals surface area contributed by atoms with Gasteiger partial charge >= 0.3 is 0 Å². The van der Waals surface area contributed by atoms with Crippen LogP contribution < -0.4 is 4.90 Å². The monoisotopic (exact) mass is 432 g/mol. The molecular formula is C23H21ClN6O. The molecule has 0 atom stereocenters. The number of benzene rings is 2. The predicted molar refractivity (Wildman–Crippen MR) is 120 cm³/mol. The standard InChI is InChI=1S/C23H21ClN6O/c24-20-6-2-17(3-7-20)16-30-21-14-18(4-5-19(21)15-27-30)22(31)28-10-12-29(13-11-28)23-25-8-1-9-26-23/h1-9,14-15H,10-13,16H2. The fourth-order valence-corrected chi connectivity index (χ4v) is 3.96. The van der Waals surface area contributed by atoms with Gasteiger partial charge in [-0.25, -0.2) is 9.97 Å². The molecule has 3 heterocycles. The molecule has 156 valence electrons. The Morgan fingerprint density at radius 3 is 2.45 bits per heavy atom. The summed E-state index contributed by atoms with van der Waals surface area (Å²) in [7, 11) is 0. The Morgan fingerprint density at radius 2 is 1.71 bits per heavy atom. The van der Waals surface area contributed by atoms with E-state index in [1.165, 1.54) is 0 Å². The summed E-state index contributed by atoms with van der Waals surface area (Å²) in [5.41, 5.74) is 2.72. The molecule has 1 saturated heterocycles. The highest BCUT2D eigenvalue weighted by Crippen LogP contribution is 2.20. The number of anilines is 1. The summed E-state index contributed by atoms with van der Waals surface area (Å²) in [5, 5.41) is 6.23. The third kappa shape index (κ3) is 4.09. The highest BCUT2D eigenvalue weighted by atomic mass is 35.5. The van der Waals surface area contributed by atoms with Crippen molar-refractivity contribution in [3.8, 4) is 0 Å². The fraction of sp³-hybridized carbons (Fsp3) is 0.217. The van der Waals surface area contributed by atoms with Crippen molar-refractivity contribution in [3.05, 3.63) is 83.3 Å². The number of piperazine rings is 1. The number of halogens is 1. The minimum atomic E-state index is 0.0368. The average Bonchev–Trinajstić information content (AvgIpc) is 3.22. The molecule has 2 aromatic carbocycles. The lowest BCUT2D eigenvalue weighted by Gasteiger charge is -2.34. The number of hydrogen-bond acceptors (Lipinski definition) is 5. The molecule has 8 heteroatoms. The average molecular weight is 433 g/mol. The molecule has 0 bridgehead atoms. The van der Waals surface area contributed by atoms with Gasteiger partial charge in [0, 0.05) is 54.5 Å². The van der Waals surface area contributed by atoms with Gasteiger partial charge in [0.05, 0.1) is 18.3 Å². The van der Waals surface area contributed by atoms with Crippen molar-refractivity contribution in [2.24, 2.45) is 0 Å². The number of rotatable bonds is 4. The molecule has 0 unspecified atom stereocenters. The number of aromatic nitrogens is 4. The first-order valence-electron chi connectivity index (χ1n) is 10.2. The zero-order valence-corrected chi connectivity index (χ0v) is 17.6. The molecule has 31 heavy (non-hydrogen) atoms. The van der Waals surface area contributed by atoms with Gasteiger partial charge in [-0.1, -0.05) is 29.8 Å². The lowest BCUT2D eigenvalue weighted by molar-refractivity contribution is 0.0746. The highest BCUT2D eigenvalue weighted by molar-refractivity contribution is 6.30. The summed E-state index contributed by atoms with van der Waals surface area (Å²) in [4.78, 5) is 25.7. The van der Waals surface area contributed by atoms with Crippen molar-refractivity contribution >= 4 is 34.4 Å². The first-order valence-corrected chi connectivity index (χ1v) is 10.6. The molecule has 7 nitrogen and oxygen atoms in total. The molecule has 1 aliphatic heterocycles. The van der Waals surface area contributed by atoms with Crippen LogP contribution in [0.25, 0.3) is 10.9 Å². The lowest BCUT2D eigenvalue weighted by Crippen LogP contribution is -2.49. The molecule has 0 N–H and O–H groups in total. The maximum Gasteiger partial charge on any atom is 0.254 e. The maximum absolute atomic E-state index is 13.1. The van der Waals surface area contributed by atoms with E-state index in [2.05, 4.69) is 20.0 Å². The zero-order valence-electron chi connectivity index (χ0n) is 16.9. The number of amides is 1. The number of carbonyl (C=O) groups is 1. The van der Waals surface area contributed by atoms with Crippen molar-refractivity contribution in [2.75, 3.05) is 31.1 Å². The van der Waals surface area contributed by atoms with Gasteiger partial charge in [-0.2, -0.15) is 5.10 Å². The molecule has 1 fully saturated rings. The van der Waals surface area contributed by atoms with Crippen molar-refractivity contribution in [1.29, 1.82) is 0 Å². The van der Waals surface area contributed by atoms with Gasteiger partial charge in [0.1, 0.15) is 0 Å². The predicted octanol–water partition coefficient (Wildman–Crippen LogP) is 3.49. The molecule has 0 aliphatic carbocycles. The van der Waals surface area contributed by atoms with Crippen molar-refractivity contribution in [1.82, 2.24) is 24.6 Å². The van der Waals surface area contributed by atoms with Crippen LogP contribution in [0, 0.1) is 0 Å². The lowest BCUT2D eigenvalue weighted by atomic mass is 10.1. The number of hydrogen-bond donors (Lipinski definition) is 0. The van der Waals surface area contributed by atoms with Gasteiger partial charge in [-0.3, -0.25) is 9.48 Å². The van der Waals surface area contributed by atoms with E-state index < -0.39 is 0 Å². The Balaban J connectivity index is 1.32. The van der Waals surface area contributed by atoms with E-state index in [1.54, 1.807) is 18.5 Å². The smallest absolute Gasteiger partial charge is 0.254 e. The van der Waals surface area contributed by atoms with E-state index in [-0.39, 0.29) is 5.91 Å². The van der Waals surface area contributed by atoms with Gasteiger partial charge in [0.2, 0.25) is 5.95 Å². The molecule has 0 spiro atoms. The Kier molecular flexibility index (Phi) is 5.26. The maximum atomic E-state index is 13.1. The molecule has 0 radical (unpaired) electrons. The zero-order chi connectivity index (χ0) is 21.2. The Hall–Kier alpha value is -3.45. The van der Waals surface area contributed by atoms with Crippen LogP contribution in [-0.2, 0) is 6.54 Å². The van der Waals surface area contributed by atoms with Gasteiger partial charge in [0.15, 0.2) is 0 Å². The normalized spacial score (nSPS) is 14.2. The van der Waals surface area contributed by atoms with Crippen LogP contribution in [0.5, 0.6) is 0 Å². The summed E-state index contributed by atoms with van der Waals surface area (Å²) in [6.07, 6.45) is 5.31. The summed E-state index contributed by atoms with van der Waals surface area (Å²) in [5.74, 6) is 0.747. The topological polar surface area (TPSA) is 67.2 Å². The molecular weight excluding hydrogens is 412 g/mol. The summed E-state index contributed by atoms with van der Waals surface area (Å²) < 4.78 is 1.92. The van der Waals surface area contributed by atoms with Crippen LogP contribution in [0.3, 0.4) is 0 Å². The van der Waals surface area contributed by atoms with Gasteiger partial charge in [-0.15, -0.1) is 0 Å². The van der Waals surface area contributed by atoms with Crippen LogP contribution >= 0.6 is 11.6 Å². The highest BCUT2D eigenvalue weighted by Gasteiger charge is 2.23. The van der Waals surface area contributed by atoms with Crippen LogP contribution in [0.15, 0.2) is 67.1 Å². The third-order valence-corrected chi connectivity index (χ3v) is 5.79. The Morgan fingerprint density at radius 1 is 0.968 bits per heavy atom. The van der Waals surface area contributed by atoms with Crippen LogP contribution in [0.2, 0.25) is 5.02 Å². The van der Waals surface area contributed by atoms with E-state index in [1.807, 2.05) is 58.2 Å². The largest absolute Gasteiger partial charge is 0.337 e. The van der Waals surface area contributed by atoms with Crippen LogP contribution in [0.4, 0.5) is 5.95 Å². The van der Waals surface area contributed by atoms with E-state index in [9.17, 15) is 4.79 Å². The quantitative estimate of drug-likeness (QED) is 0.494. The third-order valence-electron chi connectivity index (χ3n) is 5.54. The number of nitrogens with zero attached hydrogens (tertiary/aromatic N) is 6. The second-order valence-electron chi connectivity index (χ2n) is 7.53. The van der Waals surface area contributed by atoms with Gasteiger partial charge in [-0.05, 0) is 35.9 Å². The SMILES string of the molecule is O=C(c1ccc2cnn(Cc3ccc(Cl)cc3)c2c1)N1CCN(c2ncccn2)CC1. The first-order chi connectivity index (χ1) is 15.2. The molecule has 2 aromatic heterocycles. The summed E-state index contributed by atoms with van der Waals surface area (Å²) in [6.45, 7) is 3.32. The molecule has 4 aromatic rings. The van der Waals surface area contributed by atoms with E-state index in [0.717, 1.165) is 16.5 Å². The Bertz CT molecular complexity index is 1200. The number of carbonyl (C=O) groups excluding carboxylic acids is 1. The number of fused-ring (bicyclic) bond motifs is 1. The minimum absolute atomic E-state index is 0.0368. The van der Waals surface area contributed by atoms with Gasteiger partial charge < -0.3 is 9.80 Å². The van der Waals surface area contributed by atoms with E-state index >= 15 is 0 Å². The molecule has 0 saturated carbocycles. The first kappa shape index (κ1) is 19.5. The second-order valence-corrected chi connectivity index (χ2v) is 7.97. The fourth-order valence-electron chi connectivity index (χ4n) is 3.84. The van der Waals surface area contributed by atoms with Crippen LogP contribution in [0.1, 0.15) is 15.9 Å². The summed E-state index contributed by atoms with van der Waals surface area (Å²) in [6, 6.07) is 15.3. The second kappa shape index (κ2) is 8.35. The van der Waals surface area contributed by atoms with Crippen LogP contribution in [-0.4, -0.2) is 56.7 Å². The van der Waals surface area contributed by atoms with Crippen molar-refractivity contribution < 1.29 is 4.79 Å². The van der Waals surface area contributed by atoms with Crippen molar-refractivity contribution in [3.63, 3.8) is 0 Å². The molecule has 1 aliphatic rings. The molecule has 5 rings (SSSR count).